The third-order valence-corrected chi connectivity index (χ3v) is 6.49. The second-order valence-corrected chi connectivity index (χ2v) is 8.61. The molecule has 0 atom stereocenters. The van der Waals surface area contributed by atoms with Crippen molar-refractivity contribution in [3.8, 4) is 0 Å². The second kappa shape index (κ2) is 8.20. The summed E-state index contributed by atoms with van der Waals surface area (Å²) in [6, 6.07) is 4.83. The van der Waals surface area contributed by atoms with Gasteiger partial charge in [-0.05, 0) is 18.9 Å². The molecule has 1 saturated carbocycles. The summed E-state index contributed by atoms with van der Waals surface area (Å²) in [5.41, 5.74) is -0.467. The summed E-state index contributed by atoms with van der Waals surface area (Å²) in [6.45, 7) is 0.707. The summed E-state index contributed by atoms with van der Waals surface area (Å²) in [5, 5.41) is 16.0. The Bertz CT molecular complexity index is 877. The van der Waals surface area contributed by atoms with Crippen LogP contribution in [0.4, 0.5) is 10.5 Å². The van der Waals surface area contributed by atoms with Gasteiger partial charge in [0.15, 0.2) is 4.90 Å². The van der Waals surface area contributed by atoms with Gasteiger partial charge in [-0.3, -0.25) is 25.1 Å². The highest BCUT2D eigenvalue weighted by atomic mass is 32.2. The monoisotopic (exact) mass is 411 g/mol. The Balaban J connectivity index is 1.55. The quantitative estimate of drug-likeness (QED) is 0.491. The maximum absolute atomic E-state index is 12.8. The topological polar surface area (TPSA) is 142 Å². The number of nitro groups is 1. The Labute approximate surface area is 161 Å². The first-order valence-electron chi connectivity index (χ1n) is 8.83. The van der Waals surface area contributed by atoms with Crippen molar-refractivity contribution < 1.29 is 22.9 Å². The minimum absolute atomic E-state index is 0.0303. The van der Waals surface area contributed by atoms with Gasteiger partial charge in [0, 0.05) is 38.3 Å². The molecule has 0 spiro atoms. The highest BCUT2D eigenvalue weighted by molar-refractivity contribution is 7.89. The largest absolute Gasteiger partial charge is 0.335 e. The van der Waals surface area contributed by atoms with E-state index >= 15 is 0 Å². The molecule has 0 aromatic heterocycles. The summed E-state index contributed by atoms with van der Waals surface area (Å²) < 4.78 is 26.7. The number of urea groups is 1. The van der Waals surface area contributed by atoms with E-state index in [-0.39, 0.29) is 43.7 Å². The van der Waals surface area contributed by atoms with Crippen molar-refractivity contribution in [3.05, 3.63) is 34.4 Å². The molecule has 2 N–H and O–H groups in total. The van der Waals surface area contributed by atoms with E-state index in [0.29, 0.717) is 0 Å². The van der Waals surface area contributed by atoms with Gasteiger partial charge in [0.25, 0.3) is 5.69 Å². The Morgan fingerprint density at radius 3 is 2.39 bits per heavy atom. The van der Waals surface area contributed by atoms with Crippen LogP contribution in [0.2, 0.25) is 0 Å². The van der Waals surface area contributed by atoms with E-state index in [2.05, 4.69) is 10.6 Å². The predicted octanol–water partition coefficient (Wildman–Crippen LogP) is -0.111. The average Bonchev–Trinajstić information content (AvgIpc) is 3.45. The number of nitrogens with zero attached hydrogens (tertiary/aromatic N) is 3. The number of carbonyl (C=O) groups excluding carboxylic acids is 2. The zero-order chi connectivity index (χ0) is 20.3. The number of amides is 3. The summed E-state index contributed by atoms with van der Waals surface area (Å²) in [4.78, 5) is 35.3. The molecule has 1 aliphatic carbocycles. The number of imide groups is 1. The highest BCUT2D eigenvalue weighted by Gasteiger charge is 2.34. The number of piperazine rings is 1. The maximum Gasteiger partial charge on any atom is 0.321 e. The van der Waals surface area contributed by atoms with E-state index in [1.54, 1.807) is 4.90 Å². The number of rotatable bonds is 6. The lowest BCUT2D eigenvalue weighted by Crippen LogP contribution is -2.52. The Morgan fingerprint density at radius 1 is 1.14 bits per heavy atom. The molecule has 0 radical (unpaired) electrons. The Morgan fingerprint density at radius 2 is 1.79 bits per heavy atom. The van der Waals surface area contributed by atoms with Crippen molar-refractivity contribution in [2.45, 2.75) is 23.8 Å². The van der Waals surface area contributed by atoms with Crippen molar-refractivity contribution in [2.75, 3.05) is 32.7 Å². The van der Waals surface area contributed by atoms with Gasteiger partial charge < -0.3 is 5.32 Å². The van der Waals surface area contributed by atoms with Crippen LogP contribution in [0.1, 0.15) is 12.8 Å². The normalized spacial score (nSPS) is 18.4. The summed E-state index contributed by atoms with van der Waals surface area (Å²) in [7, 11) is -4.01. The number of nitrogens with one attached hydrogen (secondary N) is 2. The molecular weight excluding hydrogens is 390 g/mol. The van der Waals surface area contributed by atoms with Gasteiger partial charge in [-0.1, -0.05) is 12.1 Å². The first kappa shape index (κ1) is 20.2. The molecular formula is C16H21N5O6S. The van der Waals surface area contributed by atoms with Crippen LogP contribution in [-0.2, 0) is 14.8 Å². The van der Waals surface area contributed by atoms with E-state index in [1.807, 2.05) is 0 Å². The highest BCUT2D eigenvalue weighted by Crippen LogP contribution is 2.26. The van der Waals surface area contributed by atoms with Crippen LogP contribution < -0.4 is 10.6 Å². The van der Waals surface area contributed by atoms with E-state index in [4.69, 9.17) is 0 Å². The van der Waals surface area contributed by atoms with Gasteiger partial charge >= 0.3 is 6.03 Å². The predicted molar refractivity (Wildman–Crippen MR) is 98.0 cm³/mol. The molecule has 152 valence electrons. The van der Waals surface area contributed by atoms with Crippen molar-refractivity contribution >= 4 is 27.6 Å². The van der Waals surface area contributed by atoms with Crippen LogP contribution in [0.5, 0.6) is 0 Å². The Hall–Kier alpha value is -2.57. The number of sulfonamides is 1. The van der Waals surface area contributed by atoms with Gasteiger partial charge in [-0.15, -0.1) is 0 Å². The third kappa shape index (κ3) is 4.82. The fraction of sp³-hybridized carbons (Fsp3) is 0.500. The summed E-state index contributed by atoms with van der Waals surface area (Å²) in [5.74, 6) is -0.465. The lowest BCUT2D eigenvalue weighted by molar-refractivity contribution is -0.387. The molecule has 3 rings (SSSR count). The van der Waals surface area contributed by atoms with Gasteiger partial charge in [-0.25, -0.2) is 13.2 Å². The minimum Gasteiger partial charge on any atom is -0.335 e. The molecule has 28 heavy (non-hydrogen) atoms. The van der Waals surface area contributed by atoms with E-state index in [1.165, 1.54) is 22.5 Å². The fourth-order valence-corrected chi connectivity index (χ4v) is 4.49. The zero-order valence-electron chi connectivity index (χ0n) is 15.0. The molecule has 0 bridgehead atoms. The smallest absolute Gasteiger partial charge is 0.321 e. The Kier molecular flexibility index (Phi) is 5.91. The number of carbonyl (C=O) groups is 2. The van der Waals surface area contributed by atoms with Crippen molar-refractivity contribution in [1.82, 2.24) is 19.8 Å². The summed E-state index contributed by atoms with van der Waals surface area (Å²) in [6.07, 6.45) is 1.83. The van der Waals surface area contributed by atoms with Crippen molar-refractivity contribution in [1.29, 1.82) is 0 Å². The van der Waals surface area contributed by atoms with Gasteiger partial charge in [0.05, 0.1) is 11.5 Å². The number of para-hydroxylation sites is 1. The van der Waals surface area contributed by atoms with Crippen LogP contribution in [0.3, 0.4) is 0 Å². The van der Waals surface area contributed by atoms with E-state index in [9.17, 15) is 28.1 Å². The standard InChI is InChI=1S/C16H21N5O6S/c22-15(18-16(23)17-12-5-6-12)11-19-7-9-20(10-8-19)28(26,27)14-4-2-1-3-13(14)21(24)25/h1-4,12H,5-11H2,(H2,17,18,22,23). The SMILES string of the molecule is O=C(CN1CCN(S(=O)(=O)c2ccccc2[N+](=O)[O-])CC1)NC(=O)NC1CC1. The molecule has 11 nitrogen and oxygen atoms in total. The molecule has 1 aliphatic heterocycles. The van der Waals surface area contributed by atoms with Crippen LogP contribution >= 0.6 is 0 Å². The number of hydrogen-bond acceptors (Lipinski definition) is 7. The van der Waals surface area contributed by atoms with Crippen LogP contribution in [-0.4, -0.2) is 73.3 Å². The fourth-order valence-electron chi connectivity index (χ4n) is 2.91. The molecule has 2 fully saturated rings. The minimum atomic E-state index is -4.01. The molecule has 1 aromatic carbocycles. The van der Waals surface area contributed by atoms with Gasteiger partial charge in [-0.2, -0.15) is 4.31 Å². The molecule has 2 aliphatic rings. The average molecular weight is 411 g/mol. The number of benzene rings is 1. The lowest BCUT2D eigenvalue weighted by Gasteiger charge is -2.33. The number of nitro benzene ring substituents is 1. The van der Waals surface area contributed by atoms with E-state index in [0.717, 1.165) is 18.9 Å². The first-order chi connectivity index (χ1) is 13.3. The molecule has 3 amide bonds. The molecule has 1 saturated heterocycles. The van der Waals surface area contributed by atoms with Crippen molar-refractivity contribution in [2.24, 2.45) is 0 Å². The van der Waals surface area contributed by atoms with Crippen LogP contribution in [0.15, 0.2) is 29.2 Å². The van der Waals surface area contributed by atoms with Gasteiger partial charge in [0.1, 0.15) is 0 Å². The van der Waals surface area contributed by atoms with Crippen LogP contribution in [0.25, 0.3) is 0 Å². The molecule has 1 aromatic rings. The van der Waals surface area contributed by atoms with Crippen LogP contribution in [0, 0.1) is 10.1 Å². The summed E-state index contributed by atoms with van der Waals surface area (Å²) >= 11 is 0. The first-order valence-corrected chi connectivity index (χ1v) is 10.3. The lowest BCUT2D eigenvalue weighted by atomic mass is 10.3. The van der Waals surface area contributed by atoms with Crippen molar-refractivity contribution in [3.63, 3.8) is 0 Å². The maximum atomic E-state index is 12.8. The van der Waals surface area contributed by atoms with Gasteiger partial charge in [0.2, 0.25) is 15.9 Å². The van der Waals surface area contributed by atoms with E-state index < -0.39 is 32.6 Å². The molecule has 0 unspecified atom stereocenters. The number of hydrogen-bond donors (Lipinski definition) is 2. The molecule has 12 heteroatoms. The third-order valence-electron chi connectivity index (χ3n) is 4.54. The second-order valence-electron chi connectivity index (χ2n) is 6.70. The zero-order valence-corrected chi connectivity index (χ0v) is 15.9. The molecule has 1 heterocycles.